The average molecular weight is 414 g/mol. The van der Waals surface area contributed by atoms with E-state index in [1.165, 1.54) is 12.8 Å². The van der Waals surface area contributed by atoms with E-state index in [0.29, 0.717) is 19.0 Å². The fourth-order valence-corrected chi connectivity index (χ4v) is 4.36. The van der Waals surface area contributed by atoms with Gasteiger partial charge in [0.05, 0.1) is 11.6 Å². The summed E-state index contributed by atoms with van der Waals surface area (Å²) >= 11 is 0. The lowest BCUT2D eigenvalue weighted by Gasteiger charge is -2.21. The first kappa shape index (κ1) is 20.4. The second-order valence-electron chi connectivity index (χ2n) is 8.05. The van der Waals surface area contributed by atoms with Crippen molar-refractivity contribution in [3.8, 4) is 0 Å². The number of aromatic nitrogens is 4. The minimum absolute atomic E-state index is 0.242. The Balaban J connectivity index is 1.21. The van der Waals surface area contributed by atoms with Crippen LogP contribution in [0.15, 0.2) is 17.5 Å². The molecule has 1 saturated heterocycles. The van der Waals surface area contributed by atoms with Crippen LogP contribution in [0.3, 0.4) is 0 Å². The van der Waals surface area contributed by atoms with Gasteiger partial charge in [-0.3, -0.25) is 14.5 Å². The topological polar surface area (TPSA) is 112 Å². The number of nitrogens with one attached hydrogen (secondary N) is 3. The zero-order valence-corrected chi connectivity index (χ0v) is 17.8. The Morgan fingerprint density at radius 2 is 2.07 bits per heavy atom. The van der Waals surface area contributed by atoms with E-state index in [1.54, 1.807) is 24.3 Å². The molecule has 0 aromatic carbocycles. The van der Waals surface area contributed by atoms with E-state index in [4.69, 9.17) is 0 Å². The van der Waals surface area contributed by atoms with Crippen molar-refractivity contribution < 1.29 is 4.79 Å². The summed E-state index contributed by atoms with van der Waals surface area (Å²) in [6.45, 7) is 2.95. The second-order valence-corrected chi connectivity index (χ2v) is 8.05. The molecule has 2 fully saturated rings. The van der Waals surface area contributed by atoms with Crippen LogP contribution in [0, 0.1) is 5.92 Å². The number of anilines is 1. The van der Waals surface area contributed by atoms with Crippen molar-refractivity contribution in [2.24, 2.45) is 18.0 Å². The Hall–Kier alpha value is -2.91. The molecule has 0 spiro atoms. The molecule has 2 aromatic rings. The van der Waals surface area contributed by atoms with Gasteiger partial charge in [-0.25, -0.2) is 9.97 Å². The minimum Gasteiger partial charge on any atom is -0.368 e. The number of likely N-dealkylation sites (tertiary alicyclic amines) is 1. The number of hydrogen-bond donors (Lipinski definition) is 3. The summed E-state index contributed by atoms with van der Waals surface area (Å²) in [6, 6.07) is 0.242. The molecule has 10 nitrogen and oxygen atoms in total. The summed E-state index contributed by atoms with van der Waals surface area (Å²) in [5, 5.41) is 15.2. The Labute approximate surface area is 176 Å². The number of rotatable bonds is 6. The second kappa shape index (κ2) is 9.27. The van der Waals surface area contributed by atoms with Crippen molar-refractivity contribution in [1.29, 1.82) is 0 Å². The van der Waals surface area contributed by atoms with Crippen molar-refractivity contribution in [3.05, 3.63) is 12.5 Å². The number of nitrogens with zero attached hydrogens (tertiary/aromatic N) is 6. The Bertz CT molecular complexity index is 903. The smallest absolute Gasteiger partial charge is 0.225 e. The number of amides is 1. The third-order valence-electron chi connectivity index (χ3n) is 6.01. The van der Waals surface area contributed by atoms with Crippen LogP contribution in [0.25, 0.3) is 11.0 Å². The highest BCUT2D eigenvalue weighted by atomic mass is 16.2. The van der Waals surface area contributed by atoms with Crippen LogP contribution >= 0.6 is 0 Å². The Morgan fingerprint density at radius 1 is 1.23 bits per heavy atom. The summed E-state index contributed by atoms with van der Waals surface area (Å²) < 4.78 is 1.73. The van der Waals surface area contributed by atoms with Crippen molar-refractivity contribution in [1.82, 2.24) is 35.3 Å². The lowest BCUT2D eigenvalue weighted by Crippen LogP contribution is -2.46. The van der Waals surface area contributed by atoms with E-state index >= 15 is 0 Å². The molecule has 2 aromatic heterocycles. The molecule has 1 unspecified atom stereocenters. The maximum absolute atomic E-state index is 12.6. The van der Waals surface area contributed by atoms with Crippen LogP contribution in [0.1, 0.15) is 32.1 Å². The largest absolute Gasteiger partial charge is 0.368 e. The molecular weight excluding hydrogens is 382 g/mol. The summed E-state index contributed by atoms with van der Waals surface area (Å²) in [6.07, 6.45) is 8.76. The van der Waals surface area contributed by atoms with Gasteiger partial charge in [-0.2, -0.15) is 5.10 Å². The third-order valence-corrected chi connectivity index (χ3v) is 6.01. The van der Waals surface area contributed by atoms with Crippen molar-refractivity contribution in [2.45, 2.75) is 38.1 Å². The number of aryl methyl sites for hydroxylation is 1. The summed E-state index contributed by atoms with van der Waals surface area (Å²) in [5.41, 5.74) is 0.802. The van der Waals surface area contributed by atoms with Crippen molar-refractivity contribution >= 4 is 28.7 Å². The summed E-state index contributed by atoms with van der Waals surface area (Å²) in [7, 11) is 3.63. The zero-order valence-electron chi connectivity index (χ0n) is 17.8. The molecule has 1 atom stereocenters. The molecule has 1 saturated carbocycles. The molecule has 3 heterocycles. The van der Waals surface area contributed by atoms with Crippen LogP contribution in [0.4, 0.5) is 5.82 Å². The predicted octanol–water partition coefficient (Wildman–Crippen LogP) is 0.731. The molecule has 2 aliphatic rings. The quantitative estimate of drug-likeness (QED) is 0.364. The number of carbonyl (C=O) groups is 1. The van der Waals surface area contributed by atoms with E-state index in [-0.39, 0.29) is 12.0 Å². The fourth-order valence-electron chi connectivity index (χ4n) is 4.36. The van der Waals surface area contributed by atoms with Gasteiger partial charge in [-0.15, -0.1) is 0 Å². The van der Waals surface area contributed by atoms with Crippen molar-refractivity contribution in [2.75, 3.05) is 38.5 Å². The molecule has 4 rings (SSSR count). The molecule has 0 radical (unpaired) electrons. The molecule has 30 heavy (non-hydrogen) atoms. The molecule has 1 aliphatic carbocycles. The van der Waals surface area contributed by atoms with Gasteiger partial charge in [-0.1, -0.05) is 12.8 Å². The standard InChI is InChI=1S/C20H31N9O/c1-21-20(27-15-7-10-29(12-15)19(30)14-5-3-4-6-14)23-9-8-22-17-16-11-26-28(2)18(16)25-13-24-17/h11,13-15H,3-10,12H2,1-2H3,(H2,21,23,27)(H,22,24,25). The lowest BCUT2D eigenvalue weighted by atomic mass is 10.1. The van der Waals surface area contributed by atoms with E-state index in [1.807, 2.05) is 11.9 Å². The summed E-state index contributed by atoms with van der Waals surface area (Å²) in [4.78, 5) is 27.5. The van der Waals surface area contributed by atoms with Gasteiger partial charge in [0.25, 0.3) is 0 Å². The van der Waals surface area contributed by atoms with Crippen molar-refractivity contribution in [3.63, 3.8) is 0 Å². The van der Waals surface area contributed by atoms with E-state index < -0.39 is 0 Å². The first-order valence-electron chi connectivity index (χ1n) is 10.8. The van der Waals surface area contributed by atoms with E-state index in [9.17, 15) is 4.79 Å². The molecule has 1 aliphatic heterocycles. The van der Waals surface area contributed by atoms with Gasteiger partial charge in [0.2, 0.25) is 5.91 Å². The number of carbonyl (C=O) groups excluding carboxylic acids is 1. The van der Waals surface area contributed by atoms with E-state index in [2.05, 4.69) is 36.0 Å². The molecule has 3 N–H and O–H groups in total. The number of guanidine groups is 1. The number of hydrogen-bond acceptors (Lipinski definition) is 6. The average Bonchev–Trinajstić information content (AvgIpc) is 3.52. The highest BCUT2D eigenvalue weighted by Gasteiger charge is 2.32. The Morgan fingerprint density at radius 3 is 2.87 bits per heavy atom. The van der Waals surface area contributed by atoms with Gasteiger partial charge < -0.3 is 20.9 Å². The van der Waals surface area contributed by atoms with Gasteiger partial charge in [0.1, 0.15) is 12.1 Å². The highest BCUT2D eigenvalue weighted by molar-refractivity contribution is 5.86. The molecular formula is C20H31N9O. The van der Waals surface area contributed by atoms with E-state index in [0.717, 1.165) is 55.2 Å². The summed E-state index contributed by atoms with van der Waals surface area (Å²) in [5.74, 6) is 2.12. The SMILES string of the molecule is CN=C(NCCNc1ncnc2c1cnn2C)NC1CCN(C(=O)C2CCCC2)C1. The maximum atomic E-state index is 12.6. The van der Waals surface area contributed by atoms with Crippen LogP contribution in [-0.2, 0) is 11.8 Å². The molecule has 1 amide bonds. The fraction of sp³-hybridized carbons (Fsp3) is 0.650. The first-order valence-corrected chi connectivity index (χ1v) is 10.8. The molecule has 10 heteroatoms. The van der Waals surface area contributed by atoms with Crippen LogP contribution in [0.5, 0.6) is 0 Å². The monoisotopic (exact) mass is 413 g/mol. The Kier molecular flexibility index (Phi) is 6.29. The minimum atomic E-state index is 0.242. The normalized spacial score (nSPS) is 20.1. The van der Waals surface area contributed by atoms with Gasteiger partial charge in [-0.05, 0) is 19.3 Å². The van der Waals surface area contributed by atoms with Gasteiger partial charge >= 0.3 is 0 Å². The highest BCUT2D eigenvalue weighted by Crippen LogP contribution is 2.27. The number of aliphatic imine (C=N–C) groups is 1. The van der Waals surface area contributed by atoms with Crippen LogP contribution < -0.4 is 16.0 Å². The van der Waals surface area contributed by atoms with Crippen LogP contribution in [-0.4, -0.2) is 75.8 Å². The third kappa shape index (κ3) is 4.47. The van der Waals surface area contributed by atoms with Gasteiger partial charge in [0.15, 0.2) is 11.6 Å². The lowest BCUT2D eigenvalue weighted by molar-refractivity contribution is -0.134. The zero-order chi connectivity index (χ0) is 20.9. The molecule has 162 valence electrons. The predicted molar refractivity (Wildman–Crippen MR) is 116 cm³/mol. The van der Waals surface area contributed by atoms with Gasteiger partial charge in [0, 0.05) is 52.2 Å². The van der Waals surface area contributed by atoms with Crippen LogP contribution in [0.2, 0.25) is 0 Å². The number of fused-ring (bicyclic) bond motifs is 1. The first-order chi connectivity index (χ1) is 14.7. The maximum Gasteiger partial charge on any atom is 0.225 e. The molecule has 0 bridgehead atoms.